The van der Waals surface area contributed by atoms with E-state index in [0.29, 0.717) is 11.3 Å². The number of rotatable bonds is 4. The summed E-state index contributed by atoms with van der Waals surface area (Å²) < 4.78 is 6.74. The minimum Gasteiger partial charge on any atom is -0.504 e. The molecule has 8 nitrogen and oxygen atoms in total. The fourth-order valence-corrected chi connectivity index (χ4v) is 2.31. The van der Waals surface area contributed by atoms with Crippen molar-refractivity contribution in [1.82, 2.24) is 9.55 Å². The van der Waals surface area contributed by atoms with Crippen molar-refractivity contribution in [3.8, 4) is 34.8 Å². The highest BCUT2D eigenvalue weighted by atomic mass is 16.5. The highest BCUT2D eigenvalue weighted by molar-refractivity contribution is 5.84. The third-order valence-electron chi connectivity index (χ3n) is 3.63. The van der Waals surface area contributed by atoms with Gasteiger partial charge in [-0.15, -0.1) is 0 Å². The lowest BCUT2D eigenvalue weighted by Crippen LogP contribution is -1.93. The van der Waals surface area contributed by atoms with Crippen LogP contribution in [-0.2, 0) is 0 Å². The third kappa shape index (κ3) is 3.14. The van der Waals surface area contributed by atoms with E-state index in [1.807, 2.05) is 6.07 Å². The lowest BCUT2D eigenvalue weighted by Gasteiger charge is -2.06. The maximum absolute atomic E-state index is 9.57. The molecule has 0 aliphatic carbocycles. The second-order valence-electron chi connectivity index (χ2n) is 5.26. The molecule has 0 unspecified atom stereocenters. The van der Waals surface area contributed by atoms with E-state index in [4.69, 9.17) is 4.74 Å². The first-order valence-electron chi connectivity index (χ1n) is 7.44. The van der Waals surface area contributed by atoms with Crippen LogP contribution in [0.25, 0.3) is 5.69 Å². The van der Waals surface area contributed by atoms with Crippen LogP contribution in [0.1, 0.15) is 11.3 Å². The van der Waals surface area contributed by atoms with Crippen LogP contribution in [-0.4, -0.2) is 38.2 Å². The Bertz CT molecular complexity index is 994. The summed E-state index contributed by atoms with van der Waals surface area (Å²) in [6.07, 6.45) is 2.82. The maximum Gasteiger partial charge on any atom is 0.200 e. The van der Waals surface area contributed by atoms with Gasteiger partial charge in [-0.25, -0.2) is 9.98 Å². The zero-order valence-corrected chi connectivity index (χ0v) is 13.7. The molecule has 0 aliphatic heterocycles. The molecule has 0 amide bonds. The number of benzene rings is 2. The fourth-order valence-electron chi connectivity index (χ4n) is 2.31. The van der Waals surface area contributed by atoms with Gasteiger partial charge < -0.3 is 20.1 Å². The Morgan fingerprint density at radius 1 is 1.15 bits per heavy atom. The average molecular weight is 350 g/mol. The summed E-state index contributed by atoms with van der Waals surface area (Å²) in [6, 6.07) is 11.6. The van der Waals surface area contributed by atoms with Gasteiger partial charge in [0.25, 0.3) is 0 Å². The summed E-state index contributed by atoms with van der Waals surface area (Å²) in [4.78, 5) is 8.29. The molecule has 3 N–H and O–H groups in total. The smallest absolute Gasteiger partial charge is 0.200 e. The van der Waals surface area contributed by atoms with Gasteiger partial charge in [-0.2, -0.15) is 5.26 Å². The predicted molar refractivity (Wildman–Crippen MR) is 93.5 cm³/mol. The van der Waals surface area contributed by atoms with Crippen LogP contribution in [0.5, 0.6) is 23.0 Å². The second-order valence-corrected chi connectivity index (χ2v) is 5.26. The molecule has 0 saturated heterocycles. The van der Waals surface area contributed by atoms with E-state index < -0.39 is 17.2 Å². The minimum atomic E-state index is -0.608. The van der Waals surface area contributed by atoms with Crippen molar-refractivity contribution in [3.63, 3.8) is 0 Å². The molecule has 0 atom stereocenters. The van der Waals surface area contributed by atoms with Crippen LogP contribution in [0.4, 0.5) is 5.82 Å². The third-order valence-corrected chi connectivity index (χ3v) is 3.63. The summed E-state index contributed by atoms with van der Waals surface area (Å²) in [5.41, 5.74) is 1.18. The monoisotopic (exact) mass is 350 g/mol. The molecule has 8 heteroatoms. The van der Waals surface area contributed by atoms with Gasteiger partial charge in [0.15, 0.2) is 28.8 Å². The summed E-state index contributed by atoms with van der Waals surface area (Å²) in [7, 11) is 1.57. The maximum atomic E-state index is 9.57. The average Bonchev–Trinajstić information content (AvgIpc) is 3.07. The van der Waals surface area contributed by atoms with Gasteiger partial charge in [0, 0.05) is 17.5 Å². The van der Waals surface area contributed by atoms with Crippen LogP contribution in [0, 0.1) is 11.3 Å². The number of aliphatic imine (C=N–C) groups is 1. The summed E-state index contributed by atoms with van der Waals surface area (Å²) >= 11 is 0. The Balaban J connectivity index is 2.02. The molecule has 3 rings (SSSR count). The Labute approximate surface area is 148 Å². The quantitative estimate of drug-likeness (QED) is 0.491. The molecule has 1 aromatic heterocycles. The molecule has 0 aliphatic rings. The lowest BCUT2D eigenvalue weighted by molar-refractivity contribution is 0.368. The van der Waals surface area contributed by atoms with Crippen LogP contribution in [0.3, 0.4) is 0 Å². The molecular weight excluding hydrogens is 336 g/mol. The normalized spacial score (nSPS) is 10.8. The van der Waals surface area contributed by atoms with Gasteiger partial charge in [0.1, 0.15) is 18.1 Å². The number of phenols is 3. The van der Waals surface area contributed by atoms with E-state index in [2.05, 4.69) is 9.98 Å². The topological polar surface area (TPSA) is 124 Å². The zero-order valence-electron chi connectivity index (χ0n) is 13.7. The second kappa shape index (κ2) is 6.86. The number of imidazole rings is 1. The summed E-state index contributed by atoms with van der Waals surface area (Å²) in [5.74, 6) is -0.589. The first-order valence-corrected chi connectivity index (χ1v) is 7.44. The van der Waals surface area contributed by atoms with E-state index in [0.717, 1.165) is 5.69 Å². The van der Waals surface area contributed by atoms with Crippen molar-refractivity contribution in [2.24, 2.45) is 4.99 Å². The molecule has 26 heavy (non-hydrogen) atoms. The predicted octanol–water partition coefficient (Wildman–Crippen LogP) is 2.62. The largest absolute Gasteiger partial charge is 0.504 e. The zero-order chi connectivity index (χ0) is 18.7. The van der Waals surface area contributed by atoms with Crippen molar-refractivity contribution < 1.29 is 20.1 Å². The molecule has 0 spiro atoms. The molecule has 0 radical (unpaired) electrons. The highest BCUT2D eigenvalue weighted by Crippen LogP contribution is 2.35. The van der Waals surface area contributed by atoms with Crippen LogP contribution < -0.4 is 4.74 Å². The van der Waals surface area contributed by atoms with E-state index in [1.165, 1.54) is 24.7 Å². The van der Waals surface area contributed by atoms with Crippen LogP contribution in [0.2, 0.25) is 0 Å². The van der Waals surface area contributed by atoms with Crippen molar-refractivity contribution in [2.45, 2.75) is 0 Å². The Kier molecular flexibility index (Phi) is 4.45. The standard InChI is InChI=1S/C18H14N4O4/c1-26-13-4-2-12(3-5-13)22-10-21-14(8-19)18(22)20-9-11-6-15(23)17(25)16(24)7-11/h2-7,9-10,23-25H,1H3/b20-9+. The van der Waals surface area contributed by atoms with Crippen LogP contribution in [0.15, 0.2) is 47.7 Å². The molecule has 1 heterocycles. The number of aromatic nitrogens is 2. The number of aromatic hydroxyl groups is 3. The molecule has 130 valence electrons. The summed E-state index contributed by atoms with van der Waals surface area (Å²) in [6.45, 7) is 0. The highest BCUT2D eigenvalue weighted by Gasteiger charge is 2.12. The number of ether oxygens (including phenoxy) is 1. The number of hydrogen-bond donors (Lipinski definition) is 3. The molecule has 0 bridgehead atoms. The lowest BCUT2D eigenvalue weighted by atomic mass is 10.2. The van der Waals surface area contributed by atoms with E-state index in [-0.39, 0.29) is 11.5 Å². The van der Waals surface area contributed by atoms with Gasteiger partial charge in [0.2, 0.25) is 0 Å². The van der Waals surface area contributed by atoms with Gasteiger partial charge in [-0.1, -0.05) is 0 Å². The number of hydrogen-bond acceptors (Lipinski definition) is 7. The van der Waals surface area contributed by atoms with E-state index in [1.54, 1.807) is 35.9 Å². The van der Waals surface area contributed by atoms with Gasteiger partial charge >= 0.3 is 0 Å². The number of methoxy groups -OCH3 is 1. The van der Waals surface area contributed by atoms with E-state index in [9.17, 15) is 20.6 Å². The van der Waals surface area contributed by atoms with Crippen molar-refractivity contribution in [2.75, 3.05) is 7.11 Å². The van der Waals surface area contributed by atoms with Gasteiger partial charge in [0.05, 0.1) is 7.11 Å². The molecule has 0 fully saturated rings. The number of phenolic OH excluding ortho intramolecular Hbond substituents is 3. The molecular formula is C18H14N4O4. The van der Waals surface area contributed by atoms with E-state index >= 15 is 0 Å². The Morgan fingerprint density at radius 2 is 1.81 bits per heavy atom. The first-order chi connectivity index (χ1) is 12.5. The van der Waals surface area contributed by atoms with Crippen molar-refractivity contribution in [3.05, 3.63) is 54.0 Å². The molecule has 2 aromatic carbocycles. The Hall–Kier alpha value is -3.99. The first kappa shape index (κ1) is 16.9. The van der Waals surface area contributed by atoms with Gasteiger partial charge in [-0.05, 0) is 36.4 Å². The number of nitrogens with zero attached hydrogens (tertiary/aromatic N) is 4. The molecule has 3 aromatic rings. The fraction of sp³-hybridized carbons (Fsp3) is 0.0556. The minimum absolute atomic E-state index is 0.115. The van der Waals surface area contributed by atoms with Crippen molar-refractivity contribution >= 4 is 12.0 Å². The van der Waals surface area contributed by atoms with Gasteiger partial charge in [-0.3, -0.25) is 4.57 Å². The van der Waals surface area contributed by atoms with Crippen molar-refractivity contribution in [1.29, 1.82) is 5.26 Å². The van der Waals surface area contributed by atoms with Crippen LogP contribution >= 0.6 is 0 Å². The number of nitriles is 1. The molecule has 0 saturated carbocycles. The Morgan fingerprint density at radius 3 is 2.38 bits per heavy atom. The summed E-state index contributed by atoms with van der Waals surface area (Å²) in [5, 5.41) is 37.8. The SMILES string of the molecule is COc1ccc(-n2cnc(C#N)c2/N=C/c2cc(O)c(O)c(O)c2)cc1.